The molecule has 1 aliphatic rings. The minimum Gasteiger partial charge on any atom is -0.495 e. The standard InChI is InChI=1S/C19H19F3N4O5S/c1-31-16-10-12(2-3-15(16)24-32(29)30)17(27)25-6-8-26(9-7-25)18(28)13-11-23-5-4-14(13)19(20,21)22/h2-5,10-11,32H,6-9H2,1H3,(H,24,29,30). The first kappa shape index (κ1) is 23.3. The van der Waals surface area contributed by atoms with Crippen LogP contribution in [0, 0.1) is 0 Å². The number of ether oxygens (including phenoxy) is 1. The second-order valence-electron chi connectivity index (χ2n) is 6.79. The van der Waals surface area contributed by atoms with Crippen LogP contribution in [0.5, 0.6) is 5.75 Å². The van der Waals surface area contributed by atoms with E-state index in [0.29, 0.717) is 0 Å². The number of amides is 2. The van der Waals surface area contributed by atoms with Crippen LogP contribution in [0.4, 0.5) is 18.9 Å². The highest BCUT2D eigenvalue weighted by Crippen LogP contribution is 2.32. The number of carbonyl (C=O) groups is 2. The first-order chi connectivity index (χ1) is 15.1. The zero-order valence-corrected chi connectivity index (χ0v) is 17.7. The van der Waals surface area contributed by atoms with E-state index in [4.69, 9.17) is 4.74 Å². The number of hydrogen-bond acceptors (Lipinski definition) is 6. The Morgan fingerprint density at radius 2 is 1.69 bits per heavy atom. The van der Waals surface area contributed by atoms with E-state index in [1.807, 2.05) is 0 Å². The third-order valence-corrected chi connectivity index (χ3v) is 5.29. The molecule has 172 valence electrons. The van der Waals surface area contributed by atoms with Gasteiger partial charge in [-0.15, -0.1) is 0 Å². The van der Waals surface area contributed by atoms with E-state index in [1.54, 1.807) is 0 Å². The lowest BCUT2D eigenvalue weighted by Gasteiger charge is -2.35. The molecule has 1 aromatic carbocycles. The van der Waals surface area contributed by atoms with E-state index in [9.17, 15) is 31.2 Å². The maximum atomic E-state index is 13.2. The van der Waals surface area contributed by atoms with Crippen LogP contribution in [-0.2, 0) is 17.1 Å². The molecule has 9 nitrogen and oxygen atoms in total. The number of piperazine rings is 1. The van der Waals surface area contributed by atoms with Crippen LogP contribution in [0.25, 0.3) is 0 Å². The van der Waals surface area contributed by atoms with Gasteiger partial charge < -0.3 is 14.5 Å². The summed E-state index contributed by atoms with van der Waals surface area (Å²) in [5.41, 5.74) is -1.19. The topological polar surface area (TPSA) is 109 Å². The molecule has 1 aliphatic heterocycles. The molecule has 0 unspecified atom stereocenters. The van der Waals surface area contributed by atoms with Gasteiger partial charge in [0.05, 0.1) is 23.9 Å². The lowest BCUT2D eigenvalue weighted by Crippen LogP contribution is -2.50. The number of hydrogen-bond donors (Lipinski definition) is 2. The molecular formula is C19H19F3N4O5S. The van der Waals surface area contributed by atoms with Gasteiger partial charge in [-0.25, -0.2) is 8.42 Å². The molecule has 0 bridgehead atoms. The van der Waals surface area contributed by atoms with Crippen molar-refractivity contribution in [2.24, 2.45) is 0 Å². The fourth-order valence-corrected chi connectivity index (χ4v) is 3.67. The van der Waals surface area contributed by atoms with E-state index in [-0.39, 0.29) is 49.1 Å². The molecule has 0 radical (unpaired) electrons. The van der Waals surface area contributed by atoms with Gasteiger partial charge in [-0.2, -0.15) is 13.2 Å². The lowest BCUT2D eigenvalue weighted by molar-refractivity contribution is -0.138. The second-order valence-corrected chi connectivity index (χ2v) is 7.53. The summed E-state index contributed by atoms with van der Waals surface area (Å²) in [5, 5.41) is 0. The quantitative estimate of drug-likeness (QED) is 0.641. The Balaban J connectivity index is 1.70. The first-order valence-electron chi connectivity index (χ1n) is 9.30. The summed E-state index contributed by atoms with van der Waals surface area (Å²) in [5.74, 6) is -1.03. The molecule has 2 amide bonds. The number of benzene rings is 1. The Labute approximate surface area is 182 Å². The van der Waals surface area contributed by atoms with E-state index >= 15 is 0 Å². The minimum absolute atomic E-state index is 0.0458. The van der Waals surface area contributed by atoms with Crippen molar-refractivity contribution in [3.63, 3.8) is 0 Å². The predicted octanol–water partition coefficient (Wildman–Crippen LogP) is 1.65. The van der Waals surface area contributed by atoms with Gasteiger partial charge in [-0.3, -0.25) is 19.3 Å². The van der Waals surface area contributed by atoms with E-state index in [2.05, 4.69) is 9.71 Å². The Hall–Kier alpha value is -3.35. The number of thiol groups is 1. The number of alkyl halides is 3. The summed E-state index contributed by atoms with van der Waals surface area (Å²) in [4.78, 5) is 31.8. The van der Waals surface area contributed by atoms with E-state index in [1.165, 1.54) is 35.1 Å². The molecule has 2 aromatic rings. The average Bonchev–Trinajstić information content (AvgIpc) is 2.77. The zero-order valence-electron chi connectivity index (χ0n) is 16.8. The Bertz CT molecular complexity index is 1090. The summed E-state index contributed by atoms with van der Waals surface area (Å²) < 4.78 is 68.6. The highest BCUT2D eigenvalue weighted by molar-refractivity contribution is 7.73. The van der Waals surface area contributed by atoms with E-state index in [0.717, 1.165) is 18.5 Å². The number of nitrogens with zero attached hydrogens (tertiary/aromatic N) is 3. The number of aromatic nitrogens is 1. The summed E-state index contributed by atoms with van der Waals surface area (Å²) in [7, 11) is -1.59. The molecule has 0 atom stereocenters. The number of rotatable bonds is 5. The summed E-state index contributed by atoms with van der Waals surface area (Å²) in [6.07, 6.45) is -2.83. The van der Waals surface area contributed by atoms with Crippen molar-refractivity contribution in [3.05, 3.63) is 53.3 Å². The largest absolute Gasteiger partial charge is 0.495 e. The number of nitrogens with one attached hydrogen (secondary N) is 1. The minimum atomic E-state index is -4.69. The van der Waals surface area contributed by atoms with Crippen LogP contribution in [0.3, 0.4) is 0 Å². The van der Waals surface area contributed by atoms with Gasteiger partial charge >= 0.3 is 6.18 Å². The molecule has 3 rings (SSSR count). The molecular weight excluding hydrogens is 453 g/mol. The molecule has 0 saturated carbocycles. The van der Waals surface area contributed by atoms with Crippen LogP contribution < -0.4 is 9.46 Å². The van der Waals surface area contributed by atoms with Crippen molar-refractivity contribution in [3.8, 4) is 5.75 Å². The third-order valence-electron chi connectivity index (χ3n) is 4.87. The molecule has 1 saturated heterocycles. The summed E-state index contributed by atoms with van der Waals surface area (Å²) >= 11 is 0. The van der Waals surface area contributed by atoms with Gasteiger partial charge in [-0.1, -0.05) is 0 Å². The monoisotopic (exact) mass is 472 g/mol. The normalized spacial score (nSPS) is 14.4. The van der Waals surface area contributed by atoms with Crippen LogP contribution in [0.2, 0.25) is 0 Å². The van der Waals surface area contributed by atoms with Gasteiger partial charge in [0, 0.05) is 44.1 Å². The van der Waals surface area contributed by atoms with Crippen LogP contribution in [-0.4, -0.2) is 68.3 Å². The summed E-state index contributed by atoms with van der Waals surface area (Å²) in [6, 6.07) is 4.95. The fraction of sp³-hybridized carbons (Fsp3) is 0.316. The average molecular weight is 472 g/mol. The van der Waals surface area contributed by atoms with Crippen molar-refractivity contribution in [2.75, 3.05) is 38.0 Å². The van der Waals surface area contributed by atoms with Gasteiger partial charge in [0.2, 0.25) is 10.9 Å². The summed E-state index contributed by atoms with van der Waals surface area (Å²) in [6.45, 7) is 0.316. The van der Waals surface area contributed by atoms with Crippen LogP contribution >= 0.6 is 0 Å². The highest BCUT2D eigenvalue weighted by Gasteiger charge is 2.37. The predicted molar refractivity (Wildman–Crippen MR) is 108 cm³/mol. The number of pyridine rings is 1. The van der Waals surface area contributed by atoms with Crippen molar-refractivity contribution < 1.29 is 35.9 Å². The zero-order chi connectivity index (χ0) is 23.5. The number of halogens is 3. The maximum absolute atomic E-state index is 13.2. The maximum Gasteiger partial charge on any atom is 0.417 e. The van der Waals surface area contributed by atoms with Gasteiger partial charge in [-0.05, 0) is 24.3 Å². The molecule has 2 heterocycles. The van der Waals surface area contributed by atoms with Gasteiger partial charge in [0.25, 0.3) is 11.8 Å². The molecule has 1 fully saturated rings. The SMILES string of the molecule is COc1cc(C(=O)N2CCN(C(=O)c3cnccc3C(F)(F)F)CC2)ccc1N[SH](=O)=O. The Kier molecular flexibility index (Phi) is 6.87. The third kappa shape index (κ3) is 5.10. The van der Waals surface area contributed by atoms with Crippen LogP contribution in [0.15, 0.2) is 36.7 Å². The smallest absolute Gasteiger partial charge is 0.417 e. The number of anilines is 1. The molecule has 32 heavy (non-hydrogen) atoms. The fourth-order valence-electron chi connectivity index (χ4n) is 3.29. The second kappa shape index (κ2) is 9.42. The van der Waals surface area contributed by atoms with Crippen molar-refractivity contribution in [1.29, 1.82) is 0 Å². The van der Waals surface area contributed by atoms with E-state index < -0.39 is 34.1 Å². The molecule has 0 spiro atoms. The highest BCUT2D eigenvalue weighted by atomic mass is 32.2. The number of carbonyl (C=O) groups excluding carboxylic acids is 2. The van der Waals surface area contributed by atoms with Gasteiger partial charge in [0.1, 0.15) is 5.75 Å². The lowest BCUT2D eigenvalue weighted by atomic mass is 10.1. The van der Waals surface area contributed by atoms with Crippen molar-refractivity contribution >= 4 is 28.4 Å². The molecule has 1 aromatic heterocycles. The number of methoxy groups -OCH3 is 1. The van der Waals surface area contributed by atoms with Crippen LogP contribution in [0.1, 0.15) is 26.3 Å². The molecule has 0 aliphatic carbocycles. The molecule has 1 N–H and O–H groups in total. The van der Waals surface area contributed by atoms with Crippen molar-refractivity contribution in [1.82, 2.24) is 14.8 Å². The molecule has 13 heteroatoms. The Morgan fingerprint density at radius 3 is 2.25 bits per heavy atom. The Morgan fingerprint density at radius 1 is 1.06 bits per heavy atom. The van der Waals surface area contributed by atoms with Crippen molar-refractivity contribution in [2.45, 2.75) is 6.18 Å². The van der Waals surface area contributed by atoms with Gasteiger partial charge in [0.15, 0.2) is 0 Å². The first-order valence-corrected chi connectivity index (χ1v) is 10.5.